The quantitative estimate of drug-likeness (QED) is 0.258. The molecule has 0 aliphatic carbocycles. The molecule has 7 rings (SSSR count). The summed E-state index contributed by atoms with van der Waals surface area (Å²) in [6.45, 7) is 2.09. The van der Waals surface area contributed by atoms with Gasteiger partial charge in [-0.1, -0.05) is 30.3 Å². The van der Waals surface area contributed by atoms with Crippen LogP contribution >= 0.6 is 0 Å². The first-order valence-corrected chi connectivity index (χ1v) is 13.3. The molecule has 192 valence electrons. The minimum absolute atomic E-state index is 0.303. The number of rotatable bonds is 6. The van der Waals surface area contributed by atoms with Crippen LogP contribution in [0.25, 0.3) is 44.8 Å². The SMILES string of the molecule is COc1nc2cc(-c3cnc(C4CCCN4)[nH]3)ccc2nc1-c1ccc(-c2cnc(C3CCCN3)[nH]2)cc1. The Hall–Kier alpha value is -4.08. The minimum Gasteiger partial charge on any atom is -0.479 e. The van der Waals surface area contributed by atoms with E-state index in [2.05, 4.69) is 60.9 Å². The molecule has 4 N–H and O–H groups in total. The van der Waals surface area contributed by atoms with Gasteiger partial charge < -0.3 is 25.3 Å². The molecule has 2 aliphatic heterocycles. The van der Waals surface area contributed by atoms with Crippen LogP contribution in [0.3, 0.4) is 0 Å². The predicted octanol–water partition coefficient (Wildman–Crippen LogP) is 4.93. The van der Waals surface area contributed by atoms with Gasteiger partial charge >= 0.3 is 0 Å². The van der Waals surface area contributed by atoms with Crippen molar-refractivity contribution >= 4 is 11.0 Å². The number of methoxy groups -OCH3 is 1. The van der Waals surface area contributed by atoms with E-state index in [-0.39, 0.29) is 0 Å². The molecule has 9 heteroatoms. The smallest absolute Gasteiger partial charge is 0.240 e. The van der Waals surface area contributed by atoms with Crippen molar-refractivity contribution in [3.8, 4) is 39.7 Å². The second kappa shape index (κ2) is 9.66. The average Bonchev–Trinajstić information content (AvgIpc) is 3.78. The Morgan fingerprint density at radius 3 is 1.92 bits per heavy atom. The summed E-state index contributed by atoms with van der Waals surface area (Å²) in [5, 5.41) is 6.98. The number of hydrogen-bond acceptors (Lipinski definition) is 7. The molecular formula is C29H30N8O. The fourth-order valence-corrected chi connectivity index (χ4v) is 5.50. The van der Waals surface area contributed by atoms with Gasteiger partial charge in [-0.2, -0.15) is 0 Å². The van der Waals surface area contributed by atoms with E-state index >= 15 is 0 Å². The van der Waals surface area contributed by atoms with Gasteiger partial charge in [-0.05, 0) is 56.5 Å². The molecule has 3 aromatic heterocycles. The molecule has 0 amide bonds. The molecule has 9 nitrogen and oxygen atoms in total. The number of ether oxygens (including phenoxy) is 1. The Morgan fingerprint density at radius 1 is 0.711 bits per heavy atom. The maximum Gasteiger partial charge on any atom is 0.240 e. The van der Waals surface area contributed by atoms with Gasteiger partial charge in [0.05, 0.1) is 54.0 Å². The fraction of sp³-hybridized carbons (Fsp3) is 0.310. The van der Waals surface area contributed by atoms with Crippen LogP contribution < -0.4 is 15.4 Å². The third-order valence-corrected chi connectivity index (χ3v) is 7.58. The molecule has 2 atom stereocenters. The molecule has 0 radical (unpaired) electrons. The highest BCUT2D eigenvalue weighted by Crippen LogP contribution is 2.32. The maximum atomic E-state index is 5.68. The highest BCUT2D eigenvalue weighted by atomic mass is 16.5. The lowest BCUT2D eigenvalue weighted by Gasteiger charge is -2.10. The van der Waals surface area contributed by atoms with E-state index in [0.717, 1.165) is 82.4 Å². The lowest BCUT2D eigenvalue weighted by Crippen LogP contribution is -2.14. The average molecular weight is 507 g/mol. The molecule has 2 saturated heterocycles. The Balaban J connectivity index is 1.16. The molecule has 2 aliphatic rings. The summed E-state index contributed by atoms with van der Waals surface area (Å²) in [6.07, 6.45) is 8.40. The van der Waals surface area contributed by atoms with Crippen molar-refractivity contribution < 1.29 is 4.74 Å². The van der Waals surface area contributed by atoms with E-state index < -0.39 is 0 Å². The number of hydrogen-bond donors (Lipinski definition) is 4. The van der Waals surface area contributed by atoms with Gasteiger partial charge in [0.2, 0.25) is 5.88 Å². The van der Waals surface area contributed by atoms with Crippen LogP contribution in [0.2, 0.25) is 0 Å². The van der Waals surface area contributed by atoms with Crippen LogP contribution in [0, 0.1) is 0 Å². The number of aromatic amines is 2. The third-order valence-electron chi connectivity index (χ3n) is 7.58. The number of nitrogens with zero attached hydrogens (tertiary/aromatic N) is 4. The van der Waals surface area contributed by atoms with Crippen LogP contribution in [-0.2, 0) is 0 Å². The zero-order valence-electron chi connectivity index (χ0n) is 21.3. The lowest BCUT2D eigenvalue weighted by molar-refractivity contribution is 0.400. The van der Waals surface area contributed by atoms with Gasteiger partial charge in [-0.25, -0.2) is 19.9 Å². The Labute approximate surface area is 220 Å². The van der Waals surface area contributed by atoms with Crippen LogP contribution in [0.4, 0.5) is 0 Å². The molecule has 2 unspecified atom stereocenters. The molecule has 5 heterocycles. The molecule has 0 spiro atoms. The van der Waals surface area contributed by atoms with E-state index in [9.17, 15) is 0 Å². The van der Waals surface area contributed by atoms with Crippen molar-refractivity contribution in [1.29, 1.82) is 0 Å². The Bertz CT molecular complexity index is 1580. The predicted molar refractivity (Wildman–Crippen MR) is 147 cm³/mol. The summed E-state index contributed by atoms with van der Waals surface area (Å²) in [6, 6.07) is 15.0. The van der Waals surface area contributed by atoms with Crippen molar-refractivity contribution in [2.24, 2.45) is 0 Å². The normalized spacial score (nSPS) is 19.4. The molecule has 5 aromatic rings. The van der Waals surface area contributed by atoms with E-state index in [1.165, 1.54) is 12.8 Å². The van der Waals surface area contributed by atoms with Crippen LogP contribution in [-0.4, -0.2) is 50.1 Å². The lowest BCUT2D eigenvalue weighted by atomic mass is 10.1. The number of nitrogens with one attached hydrogen (secondary N) is 4. The first kappa shape index (κ1) is 23.1. The zero-order chi connectivity index (χ0) is 25.5. The van der Waals surface area contributed by atoms with E-state index in [1.54, 1.807) is 7.11 Å². The van der Waals surface area contributed by atoms with Gasteiger partial charge in [0.1, 0.15) is 17.3 Å². The highest BCUT2D eigenvalue weighted by molar-refractivity contribution is 5.84. The maximum absolute atomic E-state index is 5.68. The Morgan fingerprint density at radius 2 is 1.32 bits per heavy atom. The molecular weight excluding hydrogens is 476 g/mol. The van der Waals surface area contributed by atoms with Gasteiger partial charge in [0.25, 0.3) is 0 Å². The topological polar surface area (TPSA) is 116 Å². The molecule has 38 heavy (non-hydrogen) atoms. The number of aromatic nitrogens is 6. The highest BCUT2D eigenvalue weighted by Gasteiger charge is 2.21. The molecule has 0 bridgehead atoms. The molecule has 0 saturated carbocycles. The minimum atomic E-state index is 0.303. The monoisotopic (exact) mass is 506 g/mol. The van der Waals surface area contributed by atoms with Crippen molar-refractivity contribution in [2.75, 3.05) is 20.2 Å². The number of benzene rings is 2. The summed E-state index contributed by atoms with van der Waals surface area (Å²) in [5.74, 6) is 2.49. The van der Waals surface area contributed by atoms with Crippen molar-refractivity contribution in [3.63, 3.8) is 0 Å². The van der Waals surface area contributed by atoms with Gasteiger partial charge in [0, 0.05) is 11.1 Å². The van der Waals surface area contributed by atoms with E-state index in [1.807, 2.05) is 24.5 Å². The van der Waals surface area contributed by atoms with Crippen LogP contribution in [0.5, 0.6) is 5.88 Å². The van der Waals surface area contributed by atoms with Crippen molar-refractivity contribution in [2.45, 2.75) is 37.8 Å². The van der Waals surface area contributed by atoms with E-state index in [4.69, 9.17) is 14.7 Å². The second-order valence-electron chi connectivity index (χ2n) is 10.0. The number of imidazole rings is 2. The third kappa shape index (κ3) is 4.23. The molecule has 2 fully saturated rings. The standard InChI is InChI=1S/C29H30N8O/c1-38-29-26(18-8-6-17(7-9-18)24-15-32-27(35-24)21-4-2-12-30-21)34-20-11-10-19(14-23(20)37-29)25-16-33-28(36-25)22-5-3-13-31-22/h6-11,14-16,21-22,30-31H,2-5,12-13H2,1H3,(H,32,35)(H,33,36). The molecule has 2 aromatic carbocycles. The number of H-pyrrole nitrogens is 2. The summed E-state index contributed by atoms with van der Waals surface area (Å²) >= 11 is 0. The first-order chi connectivity index (χ1) is 18.7. The van der Waals surface area contributed by atoms with E-state index in [0.29, 0.717) is 18.0 Å². The summed E-state index contributed by atoms with van der Waals surface area (Å²) in [4.78, 5) is 25.9. The first-order valence-electron chi connectivity index (χ1n) is 13.3. The van der Waals surface area contributed by atoms with Crippen molar-refractivity contribution in [3.05, 3.63) is 66.5 Å². The fourth-order valence-electron chi connectivity index (χ4n) is 5.50. The summed E-state index contributed by atoms with van der Waals surface area (Å²) < 4.78 is 5.68. The van der Waals surface area contributed by atoms with Crippen molar-refractivity contribution in [1.82, 2.24) is 40.5 Å². The van der Waals surface area contributed by atoms with Gasteiger partial charge in [-0.3, -0.25) is 0 Å². The largest absolute Gasteiger partial charge is 0.479 e. The number of fused-ring (bicyclic) bond motifs is 1. The van der Waals surface area contributed by atoms with Crippen LogP contribution in [0.15, 0.2) is 54.9 Å². The summed E-state index contributed by atoms with van der Waals surface area (Å²) in [7, 11) is 1.64. The van der Waals surface area contributed by atoms with Gasteiger partial charge in [-0.15, -0.1) is 0 Å². The second-order valence-corrected chi connectivity index (χ2v) is 10.0. The van der Waals surface area contributed by atoms with Crippen LogP contribution in [0.1, 0.15) is 49.4 Å². The van der Waals surface area contributed by atoms with Gasteiger partial charge in [0.15, 0.2) is 0 Å². The Kier molecular flexibility index (Phi) is 5.87. The summed E-state index contributed by atoms with van der Waals surface area (Å²) in [5.41, 5.74) is 7.34. The zero-order valence-corrected chi connectivity index (χ0v) is 21.3.